The molecule has 0 spiro atoms. The molecule has 0 saturated heterocycles. The van der Waals surface area contributed by atoms with Crippen LogP contribution in [0.4, 0.5) is 0 Å². The number of carboxylic acids is 1. The Labute approximate surface area is 92.9 Å². The van der Waals surface area contributed by atoms with Crippen LogP contribution >= 0.6 is 0 Å². The van der Waals surface area contributed by atoms with Gasteiger partial charge in [0.1, 0.15) is 0 Å². The third kappa shape index (κ3) is 6.16. The summed E-state index contributed by atoms with van der Waals surface area (Å²) < 4.78 is 4.71. The van der Waals surface area contributed by atoms with Crippen molar-refractivity contribution in [2.24, 2.45) is 0 Å². The van der Waals surface area contributed by atoms with Gasteiger partial charge in [-0.2, -0.15) is 5.26 Å². The van der Waals surface area contributed by atoms with Gasteiger partial charge in [0.15, 0.2) is 0 Å². The number of aliphatic carboxylic acids is 1. The highest BCUT2D eigenvalue weighted by atomic mass is 16.5. The number of carboxylic acid groups (broad SMARTS) is 1. The van der Waals surface area contributed by atoms with Gasteiger partial charge in [-0.25, -0.2) is 9.59 Å². The molecule has 0 saturated carbocycles. The van der Waals surface area contributed by atoms with E-state index in [1.807, 2.05) is 0 Å². The summed E-state index contributed by atoms with van der Waals surface area (Å²) in [6.07, 6.45) is 5.69. The SMILES string of the molecule is CCOC(=O)C(C=CC#N)=CC=CC(=O)O. The van der Waals surface area contributed by atoms with Crippen LogP contribution < -0.4 is 0 Å². The van der Waals surface area contributed by atoms with Gasteiger partial charge in [0, 0.05) is 12.2 Å². The number of allylic oxidation sites excluding steroid dienone is 3. The first-order valence-electron chi connectivity index (χ1n) is 4.46. The maximum Gasteiger partial charge on any atom is 0.338 e. The number of nitrogens with zero attached hydrogens (tertiary/aromatic N) is 1. The van der Waals surface area contributed by atoms with E-state index in [1.165, 1.54) is 18.2 Å². The molecule has 0 bridgehead atoms. The average molecular weight is 221 g/mol. The van der Waals surface area contributed by atoms with Gasteiger partial charge in [-0.3, -0.25) is 0 Å². The lowest BCUT2D eigenvalue weighted by Crippen LogP contribution is -2.05. The quantitative estimate of drug-likeness (QED) is 0.326. The lowest BCUT2D eigenvalue weighted by atomic mass is 10.2. The third-order valence-corrected chi connectivity index (χ3v) is 1.36. The van der Waals surface area contributed by atoms with Crippen LogP contribution in [0.3, 0.4) is 0 Å². The molecule has 0 aliphatic carbocycles. The fourth-order valence-corrected chi connectivity index (χ4v) is 0.767. The minimum Gasteiger partial charge on any atom is -0.478 e. The topological polar surface area (TPSA) is 87.4 Å². The average Bonchev–Trinajstić information content (AvgIpc) is 2.22. The van der Waals surface area contributed by atoms with Crippen LogP contribution in [0.2, 0.25) is 0 Å². The van der Waals surface area contributed by atoms with Crippen LogP contribution in [0, 0.1) is 11.3 Å². The molecule has 0 aromatic carbocycles. The van der Waals surface area contributed by atoms with Crippen LogP contribution in [-0.4, -0.2) is 23.7 Å². The second-order valence-electron chi connectivity index (χ2n) is 2.50. The number of rotatable bonds is 5. The Kier molecular flexibility index (Phi) is 6.82. The number of esters is 1. The van der Waals surface area contributed by atoms with Gasteiger partial charge in [0.25, 0.3) is 0 Å². The van der Waals surface area contributed by atoms with Gasteiger partial charge < -0.3 is 9.84 Å². The van der Waals surface area contributed by atoms with Gasteiger partial charge in [-0.15, -0.1) is 0 Å². The molecular weight excluding hydrogens is 210 g/mol. The van der Waals surface area contributed by atoms with Crippen LogP contribution in [0.5, 0.6) is 0 Å². The lowest BCUT2D eigenvalue weighted by Gasteiger charge is -2.00. The van der Waals surface area contributed by atoms with Crippen LogP contribution in [0.15, 0.2) is 36.0 Å². The standard InChI is InChI=1S/C11H11NO4/c1-2-16-11(15)9(6-4-8-12)5-3-7-10(13)14/h3-7H,2H2,1H3,(H,13,14). The molecule has 0 unspecified atom stereocenters. The smallest absolute Gasteiger partial charge is 0.338 e. The fourth-order valence-electron chi connectivity index (χ4n) is 0.767. The van der Waals surface area contributed by atoms with Crippen molar-refractivity contribution in [1.82, 2.24) is 0 Å². The zero-order valence-corrected chi connectivity index (χ0v) is 8.71. The summed E-state index contributed by atoms with van der Waals surface area (Å²) in [4.78, 5) is 21.5. The highest BCUT2D eigenvalue weighted by Crippen LogP contribution is 2.01. The largest absolute Gasteiger partial charge is 0.478 e. The number of carbonyl (C=O) groups excluding carboxylic acids is 1. The minimum absolute atomic E-state index is 0.112. The van der Waals surface area contributed by atoms with Crippen molar-refractivity contribution < 1.29 is 19.4 Å². The summed E-state index contributed by atoms with van der Waals surface area (Å²) in [6, 6.07) is 1.72. The Bertz CT molecular complexity index is 385. The van der Waals surface area contributed by atoms with Gasteiger partial charge in [-0.05, 0) is 19.1 Å². The predicted octanol–water partition coefficient (Wildman–Crippen LogP) is 1.20. The highest BCUT2D eigenvalue weighted by Gasteiger charge is 2.05. The molecule has 0 heterocycles. The Hall–Kier alpha value is -2.35. The van der Waals surface area contributed by atoms with E-state index in [2.05, 4.69) is 0 Å². The number of carbonyl (C=O) groups is 2. The summed E-state index contributed by atoms with van der Waals surface area (Å²) in [6.45, 7) is 1.86. The molecule has 0 aromatic heterocycles. The second kappa shape index (κ2) is 8.00. The maximum absolute atomic E-state index is 11.3. The lowest BCUT2D eigenvalue weighted by molar-refractivity contribution is -0.138. The third-order valence-electron chi connectivity index (χ3n) is 1.36. The molecule has 84 valence electrons. The monoisotopic (exact) mass is 221 g/mol. The molecule has 1 N–H and O–H groups in total. The predicted molar refractivity (Wildman–Crippen MR) is 56.2 cm³/mol. The van der Waals surface area contributed by atoms with Crippen LogP contribution in [0.25, 0.3) is 0 Å². The molecular formula is C11H11NO4. The van der Waals surface area contributed by atoms with E-state index in [0.29, 0.717) is 0 Å². The Balaban J connectivity index is 4.80. The van der Waals surface area contributed by atoms with E-state index in [0.717, 1.165) is 12.2 Å². The van der Waals surface area contributed by atoms with Crippen molar-refractivity contribution in [3.05, 3.63) is 36.0 Å². The normalized spacial score (nSPS) is 11.6. The van der Waals surface area contributed by atoms with Gasteiger partial charge in [0.2, 0.25) is 0 Å². The Morgan fingerprint density at radius 2 is 2.12 bits per heavy atom. The van der Waals surface area contributed by atoms with E-state index in [-0.39, 0.29) is 12.2 Å². The zero-order valence-electron chi connectivity index (χ0n) is 8.71. The number of hydrogen-bond acceptors (Lipinski definition) is 4. The Morgan fingerprint density at radius 1 is 1.44 bits per heavy atom. The van der Waals surface area contributed by atoms with E-state index in [9.17, 15) is 9.59 Å². The molecule has 0 rings (SSSR count). The summed E-state index contributed by atoms with van der Waals surface area (Å²) in [5, 5.41) is 16.7. The van der Waals surface area contributed by atoms with Gasteiger partial charge in [0.05, 0.1) is 18.2 Å². The molecule has 0 aliphatic rings. The molecule has 0 aliphatic heterocycles. The van der Waals surface area contributed by atoms with Gasteiger partial charge in [-0.1, -0.05) is 6.08 Å². The zero-order chi connectivity index (χ0) is 12.4. The fraction of sp³-hybridized carbons (Fsp3) is 0.182. The van der Waals surface area contributed by atoms with Crippen molar-refractivity contribution >= 4 is 11.9 Å². The van der Waals surface area contributed by atoms with E-state index in [4.69, 9.17) is 15.1 Å². The number of hydrogen-bond donors (Lipinski definition) is 1. The highest BCUT2D eigenvalue weighted by molar-refractivity contribution is 5.92. The maximum atomic E-state index is 11.3. The molecule has 5 heteroatoms. The van der Waals surface area contributed by atoms with Crippen LogP contribution in [0.1, 0.15) is 6.92 Å². The Morgan fingerprint density at radius 3 is 2.62 bits per heavy atom. The summed E-state index contributed by atoms with van der Waals surface area (Å²) in [5.41, 5.74) is 0.112. The number of nitriles is 1. The first kappa shape index (κ1) is 13.7. The van der Waals surface area contributed by atoms with Crippen molar-refractivity contribution in [3.8, 4) is 6.07 Å². The van der Waals surface area contributed by atoms with Crippen molar-refractivity contribution in [2.75, 3.05) is 6.61 Å². The first-order valence-corrected chi connectivity index (χ1v) is 4.46. The molecule has 0 aromatic rings. The minimum atomic E-state index is -1.12. The molecule has 0 radical (unpaired) electrons. The van der Waals surface area contributed by atoms with E-state index in [1.54, 1.807) is 13.0 Å². The summed E-state index contributed by atoms with van der Waals surface area (Å²) in [5.74, 6) is -1.73. The van der Waals surface area contributed by atoms with Crippen LogP contribution in [-0.2, 0) is 14.3 Å². The molecule has 0 amide bonds. The summed E-state index contributed by atoms with van der Waals surface area (Å²) in [7, 11) is 0. The molecule has 5 nitrogen and oxygen atoms in total. The first-order chi connectivity index (χ1) is 7.61. The van der Waals surface area contributed by atoms with E-state index >= 15 is 0 Å². The number of ether oxygens (including phenoxy) is 1. The summed E-state index contributed by atoms with van der Waals surface area (Å²) >= 11 is 0. The van der Waals surface area contributed by atoms with Crippen molar-refractivity contribution in [1.29, 1.82) is 5.26 Å². The van der Waals surface area contributed by atoms with Crippen molar-refractivity contribution in [3.63, 3.8) is 0 Å². The second-order valence-corrected chi connectivity index (χ2v) is 2.50. The van der Waals surface area contributed by atoms with E-state index < -0.39 is 11.9 Å². The molecule has 0 fully saturated rings. The molecule has 0 atom stereocenters. The van der Waals surface area contributed by atoms with Crippen molar-refractivity contribution in [2.45, 2.75) is 6.92 Å². The molecule has 16 heavy (non-hydrogen) atoms. The van der Waals surface area contributed by atoms with Gasteiger partial charge >= 0.3 is 11.9 Å².